The summed E-state index contributed by atoms with van der Waals surface area (Å²) < 4.78 is 1.79. The van der Waals surface area contributed by atoms with Crippen LogP contribution in [0.2, 0.25) is 0 Å². The molecule has 0 bridgehead atoms. The molecule has 1 aromatic carbocycles. The van der Waals surface area contributed by atoms with E-state index in [-0.39, 0.29) is 19.0 Å². The molecule has 23 heavy (non-hydrogen) atoms. The van der Waals surface area contributed by atoms with E-state index in [4.69, 9.17) is 5.73 Å². The minimum Gasteiger partial charge on any atom is -0.369 e. The topological polar surface area (TPSA) is 93.2 Å². The second-order valence-corrected chi connectivity index (χ2v) is 5.48. The molecule has 0 aliphatic carbocycles. The molecule has 1 heterocycles. The van der Waals surface area contributed by atoms with Crippen molar-refractivity contribution < 1.29 is 9.59 Å². The van der Waals surface area contributed by atoms with Crippen LogP contribution in [-0.2, 0) is 9.59 Å². The molecule has 1 aromatic heterocycles. The Bertz CT molecular complexity index is 709. The summed E-state index contributed by atoms with van der Waals surface area (Å²) in [5.41, 5.74) is 8.31. The van der Waals surface area contributed by atoms with Gasteiger partial charge in [-0.3, -0.25) is 14.5 Å². The van der Waals surface area contributed by atoms with Crippen LogP contribution in [0.4, 0.5) is 5.69 Å². The van der Waals surface area contributed by atoms with Gasteiger partial charge in [0.1, 0.15) is 0 Å². The first-order valence-corrected chi connectivity index (χ1v) is 7.27. The molecule has 0 saturated heterocycles. The summed E-state index contributed by atoms with van der Waals surface area (Å²) in [7, 11) is 1.66. The Labute approximate surface area is 135 Å². The number of hydrogen-bond donors (Lipinski definition) is 2. The summed E-state index contributed by atoms with van der Waals surface area (Å²) in [5, 5.41) is 7.33. The highest BCUT2D eigenvalue weighted by Gasteiger charge is 2.16. The fourth-order valence-electron chi connectivity index (χ4n) is 2.39. The van der Waals surface area contributed by atoms with Crippen molar-refractivity contribution in [1.29, 1.82) is 0 Å². The van der Waals surface area contributed by atoms with Crippen molar-refractivity contribution in [2.24, 2.45) is 5.73 Å². The van der Waals surface area contributed by atoms with Crippen LogP contribution in [0.25, 0.3) is 5.69 Å². The molecule has 0 spiro atoms. The van der Waals surface area contributed by atoms with Crippen LogP contribution in [0.3, 0.4) is 0 Å². The number of carbonyl (C=O) groups is 2. The lowest BCUT2D eigenvalue weighted by molar-refractivity contribution is -0.120. The fourth-order valence-corrected chi connectivity index (χ4v) is 2.39. The van der Waals surface area contributed by atoms with Gasteiger partial charge in [0.25, 0.3) is 0 Å². The number of nitrogens with two attached hydrogens (primary N) is 1. The molecule has 0 aliphatic rings. The first kappa shape index (κ1) is 16.7. The molecule has 7 heteroatoms. The number of amides is 2. The Morgan fingerprint density at radius 2 is 1.87 bits per heavy atom. The molecule has 0 unspecified atom stereocenters. The number of nitrogens with zero attached hydrogens (tertiary/aromatic N) is 3. The monoisotopic (exact) mass is 315 g/mol. The molecule has 0 atom stereocenters. The lowest BCUT2D eigenvalue weighted by Crippen LogP contribution is -2.36. The van der Waals surface area contributed by atoms with Gasteiger partial charge in [0.15, 0.2) is 0 Å². The number of para-hydroxylation sites is 1. The number of rotatable bonds is 6. The Kier molecular flexibility index (Phi) is 5.13. The maximum atomic E-state index is 12.1. The van der Waals surface area contributed by atoms with Crippen LogP contribution < -0.4 is 11.1 Å². The molecule has 0 radical (unpaired) electrons. The number of carbonyl (C=O) groups excluding carboxylic acids is 2. The zero-order valence-electron chi connectivity index (χ0n) is 13.5. The first-order chi connectivity index (χ1) is 10.9. The highest BCUT2D eigenvalue weighted by atomic mass is 16.2. The van der Waals surface area contributed by atoms with Crippen LogP contribution in [0.15, 0.2) is 30.3 Å². The summed E-state index contributed by atoms with van der Waals surface area (Å²) in [6.45, 7) is 3.86. The summed E-state index contributed by atoms with van der Waals surface area (Å²) in [6, 6.07) is 9.70. The maximum absolute atomic E-state index is 12.1. The molecular formula is C16H21N5O2. The minimum absolute atomic E-state index is 0.0364. The molecule has 122 valence electrons. The Hall–Kier alpha value is -2.67. The van der Waals surface area contributed by atoms with Gasteiger partial charge in [-0.05, 0) is 33.0 Å². The molecule has 0 aliphatic heterocycles. The van der Waals surface area contributed by atoms with E-state index < -0.39 is 5.91 Å². The van der Waals surface area contributed by atoms with E-state index >= 15 is 0 Å². The number of anilines is 1. The quantitative estimate of drug-likeness (QED) is 0.826. The zero-order chi connectivity index (χ0) is 17.0. The number of nitrogens with one attached hydrogen (secondary N) is 1. The summed E-state index contributed by atoms with van der Waals surface area (Å²) >= 11 is 0. The van der Waals surface area contributed by atoms with Crippen molar-refractivity contribution in [1.82, 2.24) is 14.7 Å². The van der Waals surface area contributed by atoms with Crippen LogP contribution in [0.1, 0.15) is 11.4 Å². The minimum atomic E-state index is -0.468. The molecule has 2 rings (SSSR count). The molecule has 0 fully saturated rings. The van der Waals surface area contributed by atoms with Crippen LogP contribution in [0, 0.1) is 13.8 Å². The van der Waals surface area contributed by atoms with Crippen LogP contribution >= 0.6 is 0 Å². The molecule has 7 nitrogen and oxygen atoms in total. The maximum Gasteiger partial charge on any atom is 0.238 e. The average molecular weight is 315 g/mol. The fraction of sp³-hybridized carbons (Fsp3) is 0.312. The predicted octanol–water partition coefficient (Wildman–Crippen LogP) is 0.845. The lowest BCUT2D eigenvalue weighted by Gasteiger charge is -2.14. The number of primary amides is 1. The standard InChI is InChI=1S/C16H21N5O2/c1-11-16(18-15(23)10-20(3)9-14(17)22)12(2)21(19-11)13-7-5-4-6-8-13/h4-8H,9-10H2,1-3H3,(H2,17,22)(H,18,23). The second-order valence-electron chi connectivity index (χ2n) is 5.48. The largest absolute Gasteiger partial charge is 0.369 e. The van der Waals surface area contributed by atoms with Gasteiger partial charge in [-0.2, -0.15) is 5.10 Å². The lowest BCUT2D eigenvalue weighted by atomic mass is 10.3. The number of aryl methyl sites for hydroxylation is 1. The van der Waals surface area contributed by atoms with Gasteiger partial charge in [-0.15, -0.1) is 0 Å². The van der Waals surface area contributed by atoms with Gasteiger partial charge in [0, 0.05) is 0 Å². The summed E-state index contributed by atoms with van der Waals surface area (Å²) in [5.74, 6) is -0.683. The van der Waals surface area contributed by atoms with Crippen LogP contribution in [0.5, 0.6) is 0 Å². The van der Waals surface area contributed by atoms with Gasteiger partial charge in [-0.1, -0.05) is 18.2 Å². The molecule has 0 saturated carbocycles. The SMILES string of the molecule is Cc1nn(-c2ccccc2)c(C)c1NC(=O)CN(C)CC(N)=O. The van der Waals surface area contributed by atoms with Crippen molar-refractivity contribution in [3.8, 4) is 5.69 Å². The van der Waals surface area contributed by atoms with E-state index in [2.05, 4.69) is 10.4 Å². The average Bonchev–Trinajstić information content (AvgIpc) is 2.75. The van der Waals surface area contributed by atoms with Gasteiger partial charge in [0.05, 0.1) is 35.9 Å². The Morgan fingerprint density at radius 1 is 1.22 bits per heavy atom. The molecule has 3 N–H and O–H groups in total. The van der Waals surface area contributed by atoms with E-state index in [0.29, 0.717) is 5.69 Å². The number of hydrogen-bond acceptors (Lipinski definition) is 4. The van der Waals surface area contributed by atoms with Crippen LogP contribution in [-0.4, -0.2) is 46.6 Å². The molecule has 2 aromatic rings. The van der Waals surface area contributed by atoms with Gasteiger partial charge >= 0.3 is 0 Å². The third-order valence-electron chi connectivity index (χ3n) is 3.40. The normalized spacial score (nSPS) is 10.8. The highest BCUT2D eigenvalue weighted by molar-refractivity contribution is 5.93. The van der Waals surface area contributed by atoms with E-state index in [1.807, 2.05) is 44.2 Å². The second kappa shape index (κ2) is 7.06. The molecular weight excluding hydrogens is 294 g/mol. The van der Waals surface area contributed by atoms with Crippen molar-refractivity contribution >= 4 is 17.5 Å². The van der Waals surface area contributed by atoms with E-state index in [0.717, 1.165) is 17.1 Å². The number of aromatic nitrogens is 2. The van der Waals surface area contributed by atoms with Crippen molar-refractivity contribution in [3.05, 3.63) is 41.7 Å². The van der Waals surface area contributed by atoms with Crippen molar-refractivity contribution in [3.63, 3.8) is 0 Å². The smallest absolute Gasteiger partial charge is 0.238 e. The van der Waals surface area contributed by atoms with Crippen molar-refractivity contribution in [2.45, 2.75) is 13.8 Å². The summed E-state index contributed by atoms with van der Waals surface area (Å²) in [4.78, 5) is 24.5. The third-order valence-corrected chi connectivity index (χ3v) is 3.40. The Morgan fingerprint density at radius 3 is 2.48 bits per heavy atom. The van der Waals surface area contributed by atoms with E-state index in [9.17, 15) is 9.59 Å². The first-order valence-electron chi connectivity index (χ1n) is 7.27. The van der Waals surface area contributed by atoms with Gasteiger partial charge in [-0.25, -0.2) is 4.68 Å². The van der Waals surface area contributed by atoms with Crippen molar-refractivity contribution in [2.75, 3.05) is 25.5 Å². The number of benzene rings is 1. The summed E-state index contributed by atoms with van der Waals surface area (Å²) in [6.07, 6.45) is 0. The highest BCUT2D eigenvalue weighted by Crippen LogP contribution is 2.22. The van der Waals surface area contributed by atoms with E-state index in [1.54, 1.807) is 16.6 Å². The molecule has 2 amide bonds. The van der Waals surface area contributed by atoms with Gasteiger partial charge in [0.2, 0.25) is 11.8 Å². The Balaban J connectivity index is 2.13. The zero-order valence-corrected chi connectivity index (χ0v) is 13.5. The number of likely N-dealkylation sites (N-methyl/N-ethyl adjacent to an activating group) is 1. The predicted molar refractivity (Wildman–Crippen MR) is 88.4 cm³/mol. The van der Waals surface area contributed by atoms with E-state index in [1.165, 1.54) is 0 Å². The third kappa shape index (κ3) is 4.17. The van der Waals surface area contributed by atoms with Gasteiger partial charge < -0.3 is 11.1 Å².